The van der Waals surface area contributed by atoms with Gasteiger partial charge in [-0.15, -0.1) is 0 Å². The Morgan fingerprint density at radius 1 is 1.00 bits per heavy atom. The fraction of sp³-hybridized carbons (Fsp3) is 0.182. The number of hydrogen-bond donors (Lipinski definition) is 0. The monoisotopic (exact) mass is 317 g/mol. The van der Waals surface area contributed by atoms with Crippen LogP contribution in [0.25, 0.3) is 5.69 Å². The first-order valence-electron chi connectivity index (χ1n) is 5.19. The van der Waals surface area contributed by atoms with Crippen molar-refractivity contribution < 1.29 is 0 Å². The summed E-state index contributed by atoms with van der Waals surface area (Å²) < 4.78 is 3.49. The Morgan fingerprint density at radius 2 is 1.63 bits per heavy atom. The second-order valence-corrected chi connectivity index (χ2v) is 5.08. The van der Waals surface area contributed by atoms with Crippen LogP contribution >= 0.6 is 35.4 Å². The quantitative estimate of drug-likeness (QED) is 0.755. The van der Waals surface area contributed by atoms with Gasteiger partial charge in [0.1, 0.15) is 0 Å². The standard InChI is InChI=1S/C11H9Cl2N3O2S/c1-14-9(17)15(2)11(19)16(10(14)18)6-3-4-7(12)8(13)5-6/h3-5H,1-2H3. The number of halogens is 2. The van der Waals surface area contributed by atoms with Gasteiger partial charge in [-0.3, -0.25) is 4.57 Å². The van der Waals surface area contributed by atoms with Crippen molar-refractivity contribution in [1.29, 1.82) is 0 Å². The molecular weight excluding hydrogens is 309 g/mol. The van der Waals surface area contributed by atoms with Crippen LogP contribution in [0.2, 0.25) is 10.0 Å². The van der Waals surface area contributed by atoms with Crippen LogP contribution in [-0.2, 0) is 14.1 Å². The molecule has 0 fully saturated rings. The number of benzene rings is 1. The van der Waals surface area contributed by atoms with Crippen molar-refractivity contribution >= 4 is 35.4 Å². The molecule has 5 nitrogen and oxygen atoms in total. The maximum absolute atomic E-state index is 12.1. The van der Waals surface area contributed by atoms with Crippen molar-refractivity contribution in [1.82, 2.24) is 13.7 Å². The first-order chi connectivity index (χ1) is 8.84. The minimum Gasteiger partial charge on any atom is -0.273 e. The summed E-state index contributed by atoms with van der Waals surface area (Å²) >= 11 is 16.9. The minimum atomic E-state index is -0.536. The van der Waals surface area contributed by atoms with E-state index in [2.05, 4.69) is 0 Å². The third-order valence-electron chi connectivity index (χ3n) is 2.69. The fourth-order valence-electron chi connectivity index (χ4n) is 1.62. The molecule has 0 amide bonds. The van der Waals surface area contributed by atoms with Gasteiger partial charge in [0, 0.05) is 14.1 Å². The Bertz CT molecular complexity index is 795. The van der Waals surface area contributed by atoms with Crippen molar-refractivity contribution in [2.24, 2.45) is 14.1 Å². The molecule has 0 aliphatic heterocycles. The third kappa shape index (κ3) is 2.27. The third-order valence-corrected chi connectivity index (χ3v) is 3.89. The molecule has 1 aromatic heterocycles. The molecule has 0 aliphatic carbocycles. The van der Waals surface area contributed by atoms with Gasteiger partial charge in [-0.25, -0.2) is 18.7 Å². The molecule has 0 N–H and O–H groups in total. The van der Waals surface area contributed by atoms with Gasteiger partial charge in [0.2, 0.25) is 0 Å². The molecule has 2 rings (SSSR count). The number of nitrogens with zero attached hydrogens (tertiary/aromatic N) is 3. The van der Waals surface area contributed by atoms with Crippen LogP contribution in [0.5, 0.6) is 0 Å². The largest absolute Gasteiger partial charge is 0.338 e. The van der Waals surface area contributed by atoms with Crippen LogP contribution < -0.4 is 11.4 Å². The van der Waals surface area contributed by atoms with E-state index in [-0.39, 0.29) is 4.77 Å². The average Bonchev–Trinajstić information content (AvgIpc) is 2.38. The fourth-order valence-corrected chi connectivity index (χ4v) is 2.17. The van der Waals surface area contributed by atoms with Crippen LogP contribution in [0.4, 0.5) is 0 Å². The van der Waals surface area contributed by atoms with Gasteiger partial charge in [0.25, 0.3) is 0 Å². The average molecular weight is 318 g/mol. The molecule has 19 heavy (non-hydrogen) atoms. The van der Waals surface area contributed by atoms with E-state index >= 15 is 0 Å². The summed E-state index contributed by atoms with van der Waals surface area (Å²) in [5.74, 6) is 0. The second-order valence-electron chi connectivity index (χ2n) is 3.90. The van der Waals surface area contributed by atoms with Crippen molar-refractivity contribution in [3.63, 3.8) is 0 Å². The smallest absolute Gasteiger partial charge is 0.273 e. The summed E-state index contributed by atoms with van der Waals surface area (Å²) in [6, 6.07) is 4.69. The molecular formula is C11H9Cl2N3O2S. The van der Waals surface area contributed by atoms with Crippen LogP contribution in [0.3, 0.4) is 0 Å². The zero-order valence-electron chi connectivity index (χ0n) is 10.1. The lowest BCUT2D eigenvalue weighted by Gasteiger charge is -2.11. The van der Waals surface area contributed by atoms with Gasteiger partial charge in [-0.05, 0) is 30.4 Å². The van der Waals surface area contributed by atoms with Crippen LogP contribution in [0, 0.1) is 4.77 Å². The van der Waals surface area contributed by atoms with E-state index in [1.54, 1.807) is 12.1 Å². The van der Waals surface area contributed by atoms with Crippen molar-refractivity contribution in [3.8, 4) is 5.69 Å². The van der Waals surface area contributed by atoms with Crippen molar-refractivity contribution in [2.45, 2.75) is 0 Å². The van der Waals surface area contributed by atoms with E-state index in [0.29, 0.717) is 15.7 Å². The van der Waals surface area contributed by atoms with Crippen LogP contribution in [0.1, 0.15) is 0 Å². The molecule has 0 aliphatic rings. The Labute approximate surface area is 123 Å². The summed E-state index contributed by atoms with van der Waals surface area (Å²) in [4.78, 5) is 23.8. The molecule has 0 spiro atoms. The molecule has 0 atom stereocenters. The maximum atomic E-state index is 12.1. The molecule has 0 bridgehead atoms. The zero-order valence-corrected chi connectivity index (χ0v) is 12.4. The van der Waals surface area contributed by atoms with E-state index in [1.165, 1.54) is 29.3 Å². The van der Waals surface area contributed by atoms with E-state index in [0.717, 1.165) is 4.57 Å². The van der Waals surface area contributed by atoms with E-state index in [4.69, 9.17) is 35.4 Å². The highest BCUT2D eigenvalue weighted by molar-refractivity contribution is 7.71. The maximum Gasteiger partial charge on any atom is 0.338 e. The number of rotatable bonds is 1. The summed E-state index contributed by atoms with van der Waals surface area (Å²) in [7, 11) is 2.88. The minimum absolute atomic E-state index is 0.0893. The van der Waals surface area contributed by atoms with Crippen LogP contribution in [-0.4, -0.2) is 13.7 Å². The second kappa shape index (κ2) is 4.96. The van der Waals surface area contributed by atoms with Gasteiger partial charge in [-0.1, -0.05) is 23.2 Å². The molecule has 0 radical (unpaired) electrons. The van der Waals surface area contributed by atoms with Gasteiger partial charge >= 0.3 is 11.4 Å². The lowest BCUT2D eigenvalue weighted by Crippen LogP contribution is -2.43. The van der Waals surface area contributed by atoms with Gasteiger partial charge < -0.3 is 0 Å². The number of hydrogen-bond acceptors (Lipinski definition) is 3. The highest BCUT2D eigenvalue weighted by atomic mass is 35.5. The summed E-state index contributed by atoms with van der Waals surface area (Å²) in [5, 5.41) is 0.676. The van der Waals surface area contributed by atoms with E-state index in [1.807, 2.05) is 0 Å². The Balaban J connectivity index is 2.91. The van der Waals surface area contributed by atoms with Crippen molar-refractivity contribution in [2.75, 3.05) is 0 Å². The molecule has 2 aromatic rings. The molecule has 0 saturated heterocycles. The first kappa shape index (κ1) is 14.0. The first-order valence-corrected chi connectivity index (χ1v) is 6.35. The Hall–Kier alpha value is -1.37. The van der Waals surface area contributed by atoms with Gasteiger partial charge in [0.05, 0.1) is 15.7 Å². The SMILES string of the molecule is Cn1c(=O)n(C)c(=S)n(-c2ccc(Cl)c(Cl)c2)c1=O. The van der Waals surface area contributed by atoms with Crippen molar-refractivity contribution in [3.05, 3.63) is 54.0 Å². The predicted octanol–water partition coefficient (Wildman–Crippen LogP) is 1.91. The molecule has 1 heterocycles. The molecule has 100 valence electrons. The van der Waals surface area contributed by atoms with E-state index in [9.17, 15) is 9.59 Å². The van der Waals surface area contributed by atoms with E-state index < -0.39 is 11.4 Å². The lowest BCUT2D eigenvalue weighted by atomic mass is 10.3. The normalized spacial score (nSPS) is 10.7. The molecule has 0 unspecified atom stereocenters. The summed E-state index contributed by atoms with van der Waals surface area (Å²) in [6.45, 7) is 0. The van der Waals surface area contributed by atoms with Gasteiger partial charge in [-0.2, -0.15) is 0 Å². The van der Waals surface area contributed by atoms with Crippen LogP contribution in [0.15, 0.2) is 27.8 Å². The Kier molecular flexibility index (Phi) is 3.66. The topological polar surface area (TPSA) is 48.9 Å². The zero-order chi connectivity index (χ0) is 14.3. The molecule has 8 heteroatoms. The van der Waals surface area contributed by atoms with Gasteiger partial charge in [0.15, 0.2) is 4.77 Å². The molecule has 0 saturated carbocycles. The molecule has 1 aromatic carbocycles. The lowest BCUT2D eigenvalue weighted by molar-refractivity contribution is 0.599. The number of aromatic nitrogens is 3. The summed E-state index contributed by atoms with van der Waals surface area (Å²) in [5.41, 5.74) is -0.562. The Morgan fingerprint density at radius 3 is 2.21 bits per heavy atom. The summed E-state index contributed by atoms with van der Waals surface area (Å²) in [6.07, 6.45) is 0. The highest BCUT2D eigenvalue weighted by Crippen LogP contribution is 2.23. The highest BCUT2D eigenvalue weighted by Gasteiger charge is 2.10. The predicted molar refractivity (Wildman–Crippen MR) is 77.1 cm³/mol.